The molecule has 7 heteroatoms. The summed E-state index contributed by atoms with van der Waals surface area (Å²) in [5.41, 5.74) is 0.336. The highest BCUT2D eigenvalue weighted by Gasteiger charge is 2.60. The molecule has 0 aliphatic rings. The van der Waals surface area contributed by atoms with E-state index >= 15 is 0 Å². The number of hydrogen-bond donors (Lipinski definition) is 0. The van der Waals surface area contributed by atoms with E-state index in [0.29, 0.717) is 0 Å². The zero-order valence-electron chi connectivity index (χ0n) is 11.6. The number of halogens is 7. The van der Waals surface area contributed by atoms with Gasteiger partial charge in [0.05, 0.1) is 5.38 Å². The summed E-state index contributed by atoms with van der Waals surface area (Å²) in [4.78, 5) is 0. The summed E-state index contributed by atoms with van der Waals surface area (Å²) < 4.78 is 75.7. The monoisotopic (exact) mass is 332 g/mol. The van der Waals surface area contributed by atoms with Gasteiger partial charge in [-0.3, -0.25) is 0 Å². The number of alkyl halides is 7. The van der Waals surface area contributed by atoms with Crippen LogP contribution >= 0.6 is 11.6 Å². The van der Waals surface area contributed by atoms with Gasteiger partial charge < -0.3 is 0 Å². The van der Waals surface area contributed by atoms with Gasteiger partial charge in [0.15, 0.2) is 5.92 Å². The van der Waals surface area contributed by atoms with Crippen molar-refractivity contribution >= 4 is 11.6 Å². The molecule has 0 saturated heterocycles. The van der Waals surface area contributed by atoms with Crippen molar-refractivity contribution in [2.75, 3.05) is 0 Å². The highest BCUT2D eigenvalue weighted by Crippen LogP contribution is 2.49. The molecular weight excluding hydrogens is 318 g/mol. The third kappa shape index (κ3) is 4.53. The Morgan fingerprint density at radius 2 is 1.19 bits per heavy atom. The minimum Gasteiger partial charge on any atom is -0.170 e. The van der Waals surface area contributed by atoms with Gasteiger partial charge in [0.2, 0.25) is 0 Å². The fourth-order valence-corrected chi connectivity index (χ4v) is 2.31. The van der Waals surface area contributed by atoms with E-state index in [4.69, 9.17) is 11.6 Å². The second-order valence-corrected chi connectivity index (χ2v) is 6.30. The van der Waals surface area contributed by atoms with Crippen LogP contribution in [0.1, 0.15) is 37.3 Å². The first-order chi connectivity index (χ1) is 9.24. The van der Waals surface area contributed by atoms with Gasteiger partial charge in [-0.1, -0.05) is 45.0 Å². The third-order valence-electron chi connectivity index (χ3n) is 3.09. The minimum absolute atomic E-state index is 0.204. The van der Waals surface area contributed by atoms with Crippen LogP contribution in [0.5, 0.6) is 0 Å². The quantitative estimate of drug-likeness (QED) is 0.460. The minimum atomic E-state index is -5.45. The van der Waals surface area contributed by atoms with Crippen molar-refractivity contribution in [2.24, 2.45) is 5.92 Å². The molecule has 0 heterocycles. The van der Waals surface area contributed by atoms with Crippen molar-refractivity contribution < 1.29 is 26.3 Å². The molecule has 0 spiro atoms. The Bertz CT molecular complexity index is 452. The summed E-state index contributed by atoms with van der Waals surface area (Å²) >= 11 is 5.47. The van der Waals surface area contributed by atoms with Crippen LogP contribution in [0.3, 0.4) is 0 Å². The highest BCUT2D eigenvalue weighted by molar-refractivity contribution is 6.21. The van der Waals surface area contributed by atoms with Gasteiger partial charge in [-0.2, -0.15) is 26.3 Å². The van der Waals surface area contributed by atoms with Crippen molar-refractivity contribution in [3.63, 3.8) is 0 Å². The molecule has 21 heavy (non-hydrogen) atoms. The second-order valence-electron chi connectivity index (χ2n) is 5.83. The molecule has 0 bridgehead atoms. The number of hydrogen-bond acceptors (Lipinski definition) is 0. The molecular formula is C14H15ClF6. The Balaban J connectivity index is 3.14. The molecule has 0 nitrogen and oxygen atoms in total. The van der Waals surface area contributed by atoms with E-state index in [-0.39, 0.29) is 11.0 Å². The topological polar surface area (TPSA) is 0 Å². The fourth-order valence-electron chi connectivity index (χ4n) is 1.88. The lowest BCUT2D eigenvalue weighted by Gasteiger charge is -2.27. The van der Waals surface area contributed by atoms with Crippen LogP contribution < -0.4 is 0 Å². The lowest BCUT2D eigenvalue weighted by Crippen LogP contribution is -2.39. The Kier molecular flexibility index (Phi) is 4.93. The van der Waals surface area contributed by atoms with Crippen molar-refractivity contribution in [1.29, 1.82) is 0 Å². The molecule has 0 radical (unpaired) electrons. The van der Waals surface area contributed by atoms with Gasteiger partial charge in [-0.15, -0.1) is 11.6 Å². The van der Waals surface area contributed by atoms with E-state index < -0.39 is 23.6 Å². The smallest absolute Gasteiger partial charge is 0.170 e. The number of benzene rings is 1. The molecule has 0 N–H and O–H groups in total. The summed E-state index contributed by atoms with van der Waals surface area (Å²) in [6.07, 6.45) is -10.9. The van der Waals surface area contributed by atoms with Gasteiger partial charge >= 0.3 is 12.4 Å². The first kappa shape index (κ1) is 18.1. The van der Waals surface area contributed by atoms with Crippen molar-refractivity contribution in [3.8, 4) is 0 Å². The summed E-state index contributed by atoms with van der Waals surface area (Å²) in [7, 11) is 0. The first-order valence-corrected chi connectivity index (χ1v) is 6.56. The van der Waals surface area contributed by atoms with E-state index in [1.807, 2.05) is 20.8 Å². The van der Waals surface area contributed by atoms with Crippen molar-refractivity contribution in [3.05, 3.63) is 35.4 Å². The van der Waals surface area contributed by atoms with Crippen LogP contribution in [0.4, 0.5) is 26.3 Å². The summed E-state index contributed by atoms with van der Waals surface area (Å²) in [6, 6.07) is 5.41. The fraction of sp³-hybridized carbons (Fsp3) is 0.571. The zero-order chi connectivity index (χ0) is 16.6. The van der Waals surface area contributed by atoms with Crippen LogP contribution in [-0.2, 0) is 5.41 Å². The molecule has 0 aromatic heterocycles. The normalized spacial score (nSPS) is 15.4. The largest absolute Gasteiger partial charge is 0.402 e. The van der Waals surface area contributed by atoms with E-state index in [9.17, 15) is 26.3 Å². The van der Waals surface area contributed by atoms with Crippen LogP contribution in [0, 0.1) is 5.92 Å². The molecule has 1 atom stereocenters. The predicted octanol–water partition coefficient (Wildman–Crippen LogP) is 6.00. The summed E-state index contributed by atoms with van der Waals surface area (Å²) in [6.45, 7) is 5.65. The molecule has 0 saturated carbocycles. The Morgan fingerprint density at radius 1 is 0.810 bits per heavy atom. The van der Waals surface area contributed by atoms with Gasteiger partial charge in [-0.05, 0) is 16.5 Å². The Labute approximate surface area is 124 Å². The second kappa shape index (κ2) is 5.71. The van der Waals surface area contributed by atoms with E-state index in [2.05, 4.69) is 0 Å². The standard InChI is InChI=1S/C14H15ClF6/c1-12(2,3)9-6-4-8(5-7-9)10(15)11(13(16,17)18)14(19,20)21/h4-7,10-11H,1-3H3. The molecule has 1 rings (SSSR count). The molecule has 0 aliphatic carbocycles. The average Bonchev–Trinajstić information content (AvgIpc) is 2.24. The molecule has 1 unspecified atom stereocenters. The van der Waals surface area contributed by atoms with E-state index in [0.717, 1.165) is 5.56 Å². The van der Waals surface area contributed by atoms with Gasteiger partial charge in [0, 0.05) is 0 Å². The van der Waals surface area contributed by atoms with Gasteiger partial charge in [-0.25, -0.2) is 0 Å². The lowest BCUT2D eigenvalue weighted by atomic mass is 9.86. The molecule has 0 amide bonds. The SMILES string of the molecule is CC(C)(C)c1ccc(C(Cl)C(C(F)(F)F)C(F)(F)F)cc1. The number of rotatable bonds is 2. The third-order valence-corrected chi connectivity index (χ3v) is 3.60. The maximum absolute atomic E-state index is 12.6. The van der Waals surface area contributed by atoms with Crippen LogP contribution in [0.25, 0.3) is 0 Å². The maximum atomic E-state index is 12.6. The molecule has 120 valence electrons. The van der Waals surface area contributed by atoms with E-state index in [1.54, 1.807) is 0 Å². The van der Waals surface area contributed by atoms with Gasteiger partial charge in [0.1, 0.15) is 0 Å². The Hall–Kier alpha value is -0.910. The molecule has 0 fully saturated rings. The Morgan fingerprint density at radius 3 is 1.48 bits per heavy atom. The van der Waals surface area contributed by atoms with Crippen molar-refractivity contribution in [1.82, 2.24) is 0 Å². The predicted molar refractivity (Wildman–Crippen MR) is 69.3 cm³/mol. The summed E-state index contributed by atoms with van der Waals surface area (Å²) in [5, 5.41) is -2.21. The van der Waals surface area contributed by atoms with Crippen LogP contribution in [0.15, 0.2) is 24.3 Å². The zero-order valence-corrected chi connectivity index (χ0v) is 12.4. The maximum Gasteiger partial charge on any atom is 0.402 e. The lowest BCUT2D eigenvalue weighted by molar-refractivity contribution is -0.284. The average molecular weight is 333 g/mol. The van der Waals surface area contributed by atoms with Crippen LogP contribution in [0.2, 0.25) is 0 Å². The van der Waals surface area contributed by atoms with Crippen LogP contribution in [-0.4, -0.2) is 12.4 Å². The van der Waals surface area contributed by atoms with E-state index in [1.165, 1.54) is 24.3 Å². The molecule has 1 aromatic carbocycles. The molecule has 1 aromatic rings. The molecule has 0 aliphatic heterocycles. The highest BCUT2D eigenvalue weighted by atomic mass is 35.5. The van der Waals surface area contributed by atoms with Crippen molar-refractivity contribution in [2.45, 2.75) is 43.9 Å². The van der Waals surface area contributed by atoms with Gasteiger partial charge in [0.25, 0.3) is 0 Å². The first-order valence-electron chi connectivity index (χ1n) is 6.12. The summed E-state index contributed by atoms with van der Waals surface area (Å²) in [5.74, 6) is -3.59.